The monoisotopic (exact) mass is 366 g/mol. The highest BCUT2D eigenvalue weighted by Gasteiger charge is 2.32. The van der Waals surface area contributed by atoms with Crippen LogP contribution in [0.2, 0.25) is 0 Å². The van der Waals surface area contributed by atoms with Crippen LogP contribution in [0.3, 0.4) is 0 Å². The van der Waals surface area contributed by atoms with Crippen LogP contribution in [0, 0.1) is 0 Å². The number of carboxylic acids is 1. The Morgan fingerprint density at radius 3 is 1.12 bits per heavy atom. The van der Waals surface area contributed by atoms with E-state index in [1.54, 1.807) is 0 Å². The predicted octanol–water partition coefficient (Wildman–Crippen LogP) is -0.532. The topological polar surface area (TPSA) is 135 Å². The van der Waals surface area contributed by atoms with Crippen molar-refractivity contribution in [1.82, 2.24) is 0 Å². The molecule has 0 aromatic heterocycles. The van der Waals surface area contributed by atoms with Gasteiger partial charge in [0.2, 0.25) is 0 Å². The molecule has 0 heterocycles. The minimum atomic E-state index is -1.23. The Kier molecular flexibility index (Phi) is 13.6. The number of Topliss-reactive ketones (excluding diaryl/α,β-unsaturated/α-hetero) is 2. The lowest BCUT2D eigenvalue weighted by molar-refractivity contribution is -0.164. The van der Waals surface area contributed by atoms with Crippen molar-refractivity contribution in [1.29, 1.82) is 0 Å². The van der Waals surface area contributed by atoms with Crippen molar-refractivity contribution >= 4 is 23.5 Å². The number of ether oxygens (including phenoxy) is 5. The second-order valence-corrected chi connectivity index (χ2v) is 4.71. The third-order valence-corrected chi connectivity index (χ3v) is 3.04. The zero-order valence-electron chi connectivity index (χ0n) is 15.4. The number of carboxylic acid groups (broad SMARTS) is 1. The van der Waals surface area contributed by atoms with E-state index in [4.69, 9.17) is 14.6 Å². The molecule has 0 aromatic rings. The summed E-state index contributed by atoms with van der Waals surface area (Å²) < 4.78 is 23.3. The first-order valence-corrected chi connectivity index (χ1v) is 7.05. The molecule has 0 bridgehead atoms. The van der Waals surface area contributed by atoms with Crippen molar-refractivity contribution in [3.63, 3.8) is 0 Å². The fourth-order valence-electron chi connectivity index (χ4n) is 1.82. The van der Waals surface area contributed by atoms with Crippen LogP contribution in [0.1, 0.15) is 13.8 Å². The largest absolute Gasteiger partial charge is 0.479 e. The third kappa shape index (κ3) is 8.68. The second kappa shape index (κ2) is 13.4. The Labute approximate surface area is 146 Å². The van der Waals surface area contributed by atoms with Gasteiger partial charge in [-0.3, -0.25) is 9.59 Å². The zero-order chi connectivity index (χ0) is 20.2. The van der Waals surface area contributed by atoms with Crippen LogP contribution in [0.15, 0.2) is 0 Å². The Bertz CT molecular complexity index is 428. The van der Waals surface area contributed by atoms with Crippen molar-refractivity contribution in [2.75, 3.05) is 35.5 Å². The summed E-state index contributed by atoms with van der Waals surface area (Å²) in [6.07, 6.45) is -4.16. The van der Waals surface area contributed by atoms with E-state index in [-0.39, 0.29) is 11.6 Å². The van der Waals surface area contributed by atoms with Crippen LogP contribution in [0.4, 0.5) is 0 Å². The number of carbonyl (C=O) groups excluding carboxylic acids is 3. The van der Waals surface area contributed by atoms with Gasteiger partial charge in [0.05, 0.1) is 7.11 Å². The van der Waals surface area contributed by atoms with Crippen molar-refractivity contribution in [2.45, 2.75) is 38.3 Å². The van der Waals surface area contributed by atoms with Gasteiger partial charge in [-0.2, -0.15) is 0 Å². The maximum Gasteiger partial charge on any atom is 0.338 e. The standard InChI is InChI=1S/C8H14O5.C7H12O5/c1-5(9)6(11-2)7(12-3)8(10)13-4;1-4(8)5(11-2)6(12-3)7(9)10/h6-7H,1-4H3;5-6H,1-3H3,(H,9,10). The van der Waals surface area contributed by atoms with Crippen molar-refractivity contribution in [3.05, 3.63) is 0 Å². The van der Waals surface area contributed by atoms with Crippen LogP contribution >= 0.6 is 0 Å². The van der Waals surface area contributed by atoms with Gasteiger partial charge >= 0.3 is 11.9 Å². The molecule has 0 spiro atoms. The van der Waals surface area contributed by atoms with E-state index in [1.165, 1.54) is 49.4 Å². The van der Waals surface area contributed by atoms with Gasteiger partial charge in [-0.15, -0.1) is 0 Å². The summed E-state index contributed by atoms with van der Waals surface area (Å²) in [5.41, 5.74) is 0. The number of aliphatic carboxylic acids is 1. The molecule has 4 atom stereocenters. The highest BCUT2D eigenvalue weighted by molar-refractivity contribution is 5.88. The molecule has 0 aliphatic rings. The molecule has 25 heavy (non-hydrogen) atoms. The smallest absolute Gasteiger partial charge is 0.338 e. The minimum Gasteiger partial charge on any atom is -0.479 e. The van der Waals surface area contributed by atoms with E-state index in [2.05, 4.69) is 14.2 Å². The highest BCUT2D eigenvalue weighted by atomic mass is 16.6. The maximum absolute atomic E-state index is 11.1. The lowest BCUT2D eigenvalue weighted by atomic mass is 10.1. The normalized spacial score (nSPS) is 15.0. The van der Waals surface area contributed by atoms with E-state index in [1.807, 2.05) is 0 Å². The first kappa shape index (κ1) is 25.4. The molecule has 0 aliphatic carbocycles. The Morgan fingerprint density at radius 2 is 0.960 bits per heavy atom. The van der Waals surface area contributed by atoms with E-state index >= 15 is 0 Å². The van der Waals surface area contributed by atoms with Crippen molar-refractivity contribution in [3.8, 4) is 0 Å². The average Bonchev–Trinajstić information content (AvgIpc) is 2.55. The van der Waals surface area contributed by atoms with Crippen molar-refractivity contribution in [2.24, 2.45) is 0 Å². The van der Waals surface area contributed by atoms with Gasteiger partial charge in [-0.1, -0.05) is 0 Å². The van der Waals surface area contributed by atoms with Gasteiger partial charge in [-0.25, -0.2) is 9.59 Å². The van der Waals surface area contributed by atoms with Crippen LogP contribution < -0.4 is 0 Å². The summed E-state index contributed by atoms with van der Waals surface area (Å²) in [5.74, 6) is -2.48. The molecular weight excluding hydrogens is 340 g/mol. The molecule has 1 N–H and O–H groups in total. The fourth-order valence-corrected chi connectivity index (χ4v) is 1.82. The summed E-state index contributed by atoms with van der Waals surface area (Å²) in [4.78, 5) is 43.3. The van der Waals surface area contributed by atoms with Crippen LogP contribution in [-0.2, 0) is 42.9 Å². The Morgan fingerprint density at radius 1 is 0.640 bits per heavy atom. The average molecular weight is 366 g/mol. The molecule has 0 saturated heterocycles. The number of hydrogen-bond donors (Lipinski definition) is 1. The number of methoxy groups -OCH3 is 5. The first-order valence-electron chi connectivity index (χ1n) is 7.05. The quantitative estimate of drug-likeness (QED) is 0.503. The lowest BCUT2D eigenvalue weighted by Gasteiger charge is -2.19. The molecule has 10 nitrogen and oxygen atoms in total. The molecule has 0 radical (unpaired) electrons. The molecule has 4 unspecified atom stereocenters. The van der Waals surface area contributed by atoms with Crippen molar-refractivity contribution < 1.29 is 48.0 Å². The molecule has 0 aromatic carbocycles. The summed E-state index contributed by atoms with van der Waals surface area (Å²) in [7, 11) is 6.35. The van der Waals surface area contributed by atoms with Gasteiger partial charge in [0.1, 0.15) is 0 Å². The maximum atomic E-state index is 11.1. The number of carbonyl (C=O) groups is 4. The number of esters is 1. The first-order chi connectivity index (χ1) is 11.6. The van der Waals surface area contributed by atoms with Gasteiger partial charge in [-0.05, 0) is 13.8 Å². The van der Waals surface area contributed by atoms with Gasteiger partial charge in [0, 0.05) is 28.4 Å². The lowest BCUT2D eigenvalue weighted by Crippen LogP contribution is -2.42. The van der Waals surface area contributed by atoms with E-state index in [0.29, 0.717) is 0 Å². The van der Waals surface area contributed by atoms with Gasteiger partial charge in [0.15, 0.2) is 36.0 Å². The van der Waals surface area contributed by atoms with Gasteiger partial charge < -0.3 is 28.8 Å². The van der Waals surface area contributed by atoms with E-state index in [9.17, 15) is 19.2 Å². The van der Waals surface area contributed by atoms with Gasteiger partial charge in [0.25, 0.3) is 0 Å². The predicted molar refractivity (Wildman–Crippen MR) is 84.2 cm³/mol. The molecule has 0 rings (SSSR count). The molecule has 0 fully saturated rings. The number of hydrogen-bond acceptors (Lipinski definition) is 9. The summed E-state index contributed by atoms with van der Waals surface area (Å²) in [6, 6.07) is 0. The Hall–Kier alpha value is -1.88. The molecule has 0 amide bonds. The molecular formula is C15H26O10. The van der Waals surface area contributed by atoms with E-state index in [0.717, 1.165) is 0 Å². The zero-order valence-corrected chi connectivity index (χ0v) is 15.4. The SMILES string of the molecule is COC(=O)C(OC)C(OC)C(C)=O.COC(C(C)=O)C(OC)C(=O)O. The molecule has 10 heteroatoms. The Balaban J connectivity index is 0. The molecule has 0 saturated carbocycles. The van der Waals surface area contributed by atoms with E-state index < -0.39 is 36.4 Å². The summed E-state index contributed by atoms with van der Waals surface area (Å²) in [6.45, 7) is 2.58. The summed E-state index contributed by atoms with van der Waals surface area (Å²) in [5, 5.41) is 8.57. The number of rotatable bonds is 10. The summed E-state index contributed by atoms with van der Waals surface area (Å²) >= 11 is 0. The number of ketones is 2. The minimum absolute atomic E-state index is 0.278. The third-order valence-electron chi connectivity index (χ3n) is 3.04. The van der Waals surface area contributed by atoms with Crippen LogP contribution in [0.5, 0.6) is 0 Å². The molecule has 146 valence electrons. The fraction of sp³-hybridized carbons (Fsp3) is 0.733. The highest BCUT2D eigenvalue weighted by Crippen LogP contribution is 2.06. The molecule has 0 aliphatic heterocycles. The van der Waals surface area contributed by atoms with Crippen LogP contribution in [0.25, 0.3) is 0 Å². The second-order valence-electron chi connectivity index (χ2n) is 4.71. The van der Waals surface area contributed by atoms with Crippen LogP contribution in [-0.4, -0.2) is 88.6 Å².